The van der Waals surface area contributed by atoms with E-state index in [1.165, 1.54) is 0 Å². The number of aromatic amines is 1. The van der Waals surface area contributed by atoms with Crippen molar-refractivity contribution in [3.63, 3.8) is 0 Å². The van der Waals surface area contributed by atoms with Gasteiger partial charge in [-0.3, -0.25) is 5.10 Å². The van der Waals surface area contributed by atoms with Crippen LogP contribution in [0.2, 0.25) is 5.02 Å². The van der Waals surface area contributed by atoms with Crippen LogP contribution in [0.4, 0.5) is 0 Å². The van der Waals surface area contributed by atoms with E-state index in [-0.39, 0.29) is 0 Å². The number of benzene rings is 3. The maximum atomic E-state index is 6.19. The molecule has 4 rings (SSSR count). The third-order valence-electron chi connectivity index (χ3n) is 3.81. The SMILES string of the molecule is Clc1ccccc1COc1n[nH]c2cccc(Oc3ccccc3)c12. The fourth-order valence-corrected chi connectivity index (χ4v) is 2.77. The number of H-pyrrole nitrogens is 1. The summed E-state index contributed by atoms with van der Waals surface area (Å²) in [7, 11) is 0. The van der Waals surface area contributed by atoms with Crippen LogP contribution in [-0.2, 0) is 6.61 Å². The number of rotatable bonds is 5. The first-order valence-corrected chi connectivity index (χ1v) is 8.25. The number of nitrogens with one attached hydrogen (secondary N) is 1. The van der Waals surface area contributed by atoms with E-state index in [0.717, 1.165) is 22.2 Å². The molecule has 0 bridgehead atoms. The van der Waals surface area contributed by atoms with Crippen molar-refractivity contribution in [2.24, 2.45) is 0 Å². The third kappa shape index (κ3) is 3.30. The number of hydrogen-bond acceptors (Lipinski definition) is 3. The molecular formula is C20H15ClN2O2. The number of para-hydroxylation sites is 1. The van der Waals surface area contributed by atoms with Gasteiger partial charge in [0.2, 0.25) is 5.88 Å². The highest BCUT2D eigenvalue weighted by Gasteiger charge is 2.14. The van der Waals surface area contributed by atoms with Crippen LogP contribution in [0.5, 0.6) is 17.4 Å². The van der Waals surface area contributed by atoms with E-state index < -0.39 is 0 Å². The lowest BCUT2D eigenvalue weighted by Gasteiger charge is -2.09. The van der Waals surface area contributed by atoms with Gasteiger partial charge in [0, 0.05) is 10.6 Å². The lowest BCUT2D eigenvalue weighted by Crippen LogP contribution is -1.97. The summed E-state index contributed by atoms with van der Waals surface area (Å²) >= 11 is 6.19. The van der Waals surface area contributed by atoms with Crippen molar-refractivity contribution in [3.05, 3.63) is 83.4 Å². The molecule has 4 aromatic rings. The van der Waals surface area contributed by atoms with Crippen molar-refractivity contribution in [1.82, 2.24) is 10.2 Å². The van der Waals surface area contributed by atoms with E-state index in [1.54, 1.807) is 0 Å². The average Bonchev–Trinajstić information content (AvgIpc) is 3.06. The first kappa shape index (κ1) is 15.5. The monoisotopic (exact) mass is 350 g/mol. The normalized spacial score (nSPS) is 10.8. The molecule has 0 amide bonds. The van der Waals surface area contributed by atoms with Crippen LogP contribution >= 0.6 is 11.6 Å². The van der Waals surface area contributed by atoms with Gasteiger partial charge in [-0.1, -0.05) is 54.1 Å². The summed E-state index contributed by atoms with van der Waals surface area (Å²) in [6.45, 7) is 0.333. The smallest absolute Gasteiger partial charge is 0.244 e. The molecule has 0 aliphatic rings. The predicted octanol–water partition coefficient (Wildman–Crippen LogP) is 5.59. The zero-order valence-corrected chi connectivity index (χ0v) is 14.0. The molecular weight excluding hydrogens is 336 g/mol. The summed E-state index contributed by atoms with van der Waals surface area (Å²) in [5.41, 5.74) is 1.75. The molecule has 1 N–H and O–H groups in total. The maximum absolute atomic E-state index is 6.19. The topological polar surface area (TPSA) is 47.1 Å². The molecule has 0 saturated carbocycles. The van der Waals surface area contributed by atoms with E-state index >= 15 is 0 Å². The van der Waals surface area contributed by atoms with Gasteiger partial charge in [-0.2, -0.15) is 0 Å². The zero-order valence-electron chi connectivity index (χ0n) is 13.3. The van der Waals surface area contributed by atoms with Crippen LogP contribution in [0.15, 0.2) is 72.8 Å². The molecule has 0 atom stereocenters. The Morgan fingerprint density at radius 2 is 1.68 bits per heavy atom. The van der Waals surface area contributed by atoms with Gasteiger partial charge in [0.05, 0.1) is 5.52 Å². The average molecular weight is 351 g/mol. The molecule has 0 aliphatic heterocycles. The van der Waals surface area contributed by atoms with Gasteiger partial charge < -0.3 is 9.47 Å². The summed E-state index contributed by atoms with van der Waals surface area (Å²) in [5, 5.41) is 8.72. The van der Waals surface area contributed by atoms with Gasteiger partial charge in [-0.15, -0.1) is 5.10 Å². The van der Waals surface area contributed by atoms with Crippen LogP contribution in [0.3, 0.4) is 0 Å². The second-order valence-corrected chi connectivity index (χ2v) is 5.91. The summed E-state index contributed by atoms with van der Waals surface area (Å²) in [5.74, 6) is 1.93. The van der Waals surface area contributed by atoms with Crippen molar-refractivity contribution in [3.8, 4) is 17.4 Å². The van der Waals surface area contributed by atoms with Crippen molar-refractivity contribution in [1.29, 1.82) is 0 Å². The molecule has 4 nitrogen and oxygen atoms in total. The quantitative estimate of drug-likeness (QED) is 0.510. The molecule has 0 fully saturated rings. The Kier molecular flexibility index (Phi) is 4.27. The third-order valence-corrected chi connectivity index (χ3v) is 4.18. The van der Waals surface area contributed by atoms with Crippen molar-refractivity contribution in [2.45, 2.75) is 6.61 Å². The van der Waals surface area contributed by atoms with Crippen molar-refractivity contribution < 1.29 is 9.47 Å². The molecule has 0 unspecified atom stereocenters. The molecule has 1 aromatic heterocycles. The van der Waals surface area contributed by atoms with Crippen LogP contribution < -0.4 is 9.47 Å². The largest absolute Gasteiger partial charge is 0.471 e. The Hall–Kier alpha value is -2.98. The molecule has 0 radical (unpaired) electrons. The lowest BCUT2D eigenvalue weighted by molar-refractivity contribution is 0.296. The molecule has 5 heteroatoms. The number of halogens is 1. The van der Waals surface area contributed by atoms with Gasteiger partial charge in [0.25, 0.3) is 0 Å². The Morgan fingerprint density at radius 1 is 0.880 bits per heavy atom. The Bertz CT molecular complexity index is 999. The van der Waals surface area contributed by atoms with Crippen molar-refractivity contribution >= 4 is 22.5 Å². The summed E-state index contributed by atoms with van der Waals surface area (Å²) < 4.78 is 11.9. The maximum Gasteiger partial charge on any atom is 0.244 e. The summed E-state index contributed by atoms with van der Waals surface area (Å²) in [4.78, 5) is 0. The highest BCUT2D eigenvalue weighted by molar-refractivity contribution is 6.31. The second-order valence-electron chi connectivity index (χ2n) is 5.50. The molecule has 1 heterocycles. The van der Waals surface area contributed by atoms with E-state index in [9.17, 15) is 0 Å². The van der Waals surface area contributed by atoms with Gasteiger partial charge >= 0.3 is 0 Å². The number of nitrogens with zero attached hydrogens (tertiary/aromatic N) is 1. The molecule has 124 valence electrons. The van der Waals surface area contributed by atoms with Gasteiger partial charge in [-0.05, 0) is 30.3 Å². The fourth-order valence-electron chi connectivity index (χ4n) is 2.58. The van der Waals surface area contributed by atoms with E-state index in [2.05, 4.69) is 10.2 Å². The lowest BCUT2D eigenvalue weighted by atomic mass is 10.2. The Labute approximate surface area is 150 Å². The summed E-state index contributed by atoms with van der Waals surface area (Å²) in [6, 6.07) is 23.0. The highest BCUT2D eigenvalue weighted by Crippen LogP contribution is 2.35. The molecule has 3 aromatic carbocycles. The van der Waals surface area contributed by atoms with Gasteiger partial charge in [0.15, 0.2) is 0 Å². The second kappa shape index (κ2) is 6.87. The molecule has 0 aliphatic carbocycles. The van der Waals surface area contributed by atoms with Crippen LogP contribution in [0, 0.1) is 0 Å². The minimum Gasteiger partial charge on any atom is -0.471 e. The van der Waals surface area contributed by atoms with Crippen molar-refractivity contribution in [2.75, 3.05) is 0 Å². The number of ether oxygens (including phenoxy) is 2. The minimum absolute atomic E-state index is 0.333. The van der Waals surface area contributed by atoms with Crippen LogP contribution in [-0.4, -0.2) is 10.2 Å². The summed E-state index contributed by atoms with van der Waals surface area (Å²) in [6.07, 6.45) is 0. The number of fused-ring (bicyclic) bond motifs is 1. The molecule has 0 spiro atoms. The Balaban J connectivity index is 1.64. The zero-order chi connectivity index (χ0) is 17.1. The highest BCUT2D eigenvalue weighted by atomic mass is 35.5. The van der Waals surface area contributed by atoms with Crippen LogP contribution in [0.25, 0.3) is 10.9 Å². The molecule has 25 heavy (non-hydrogen) atoms. The van der Waals surface area contributed by atoms with E-state index in [4.69, 9.17) is 21.1 Å². The number of hydrogen-bond donors (Lipinski definition) is 1. The first-order chi connectivity index (χ1) is 12.3. The fraction of sp³-hybridized carbons (Fsp3) is 0.0500. The Morgan fingerprint density at radius 3 is 2.52 bits per heavy atom. The molecule has 0 saturated heterocycles. The minimum atomic E-state index is 0.333. The standard InChI is InChI=1S/C20H15ClN2O2/c21-16-10-5-4-7-14(16)13-24-20-19-17(22-23-20)11-6-12-18(19)25-15-8-2-1-3-9-15/h1-12H,13H2,(H,22,23). The van der Waals surface area contributed by atoms with Gasteiger partial charge in [0.1, 0.15) is 23.5 Å². The van der Waals surface area contributed by atoms with Gasteiger partial charge in [-0.25, -0.2) is 0 Å². The van der Waals surface area contributed by atoms with Crippen LogP contribution in [0.1, 0.15) is 5.56 Å². The first-order valence-electron chi connectivity index (χ1n) is 7.87. The van der Waals surface area contributed by atoms with E-state index in [0.29, 0.717) is 23.3 Å². The predicted molar refractivity (Wildman–Crippen MR) is 98.4 cm³/mol. The van der Waals surface area contributed by atoms with E-state index in [1.807, 2.05) is 72.8 Å². The number of aromatic nitrogens is 2.